The first-order chi connectivity index (χ1) is 9.73. The number of hydrogen-bond donors (Lipinski definition) is 1. The van der Waals surface area contributed by atoms with Crippen LogP contribution in [0.1, 0.15) is 51.4 Å². The van der Waals surface area contributed by atoms with Crippen molar-refractivity contribution in [1.29, 1.82) is 0 Å². The first-order valence-electron chi connectivity index (χ1n) is 7.97. The minimum atomic E-state index is -3.00. The Morgan fingerprint density at radius 3 is 2.24 bits per heavy atom. The van der Waals surface area contributed by atoms with Gasteiger partial charge in [0, 0.05) is 25.1 Å². The van der Waals surface area contributed by atoms with E-state index in [2.05, 4.69) is 5.32 Å². The minimum absolute atomic E-state index is 0.0297. The summed E-state index contributed by atoms with van der Waals surface area (Å²) in [6.45, 7) is 0. The zero-order valence-electron chi connectivity index (χ0n) is 12.9. The summed E-state index contributed by atoms with van der Waals surface area (Å²) in [7, 11) is -1.12. The lowest BCUT2D eigenvalue weighted by Gasteiger charge is -2.40. The van der Waals surface area contributed by atoms with Crippen molar-refractivity contribution in [2.45, 2.75) is 68.6 Å². The van der Waals surface area contributed by atoms with Crippen LogP contribution in [0.25, 0.3) is 0 Å². The van der Waals surface area contributed by atoms with Gasteiger partial charge in [-0.05, 0) is 51.0 Å². The second kappa shape index (κ2) is 6.49. The van der Waals surface area contributed by atoms with Gasteiger partial charge >= 0.3 is 0 Å². The van der Waals surface area contributed by atoms with Gasteiger partial charge in [-0.1, -0.05) is 6.42 Å². The first-order valence-corrected chi connectivity index (χ1v) is 9.92. The number of rotatable bonds is 4. The fourth-order valence-electron chi connectivity index (χ4n) is 4.17. The summed E-state index contributed by atoms with van der Waals surface area (Å²) in [4.78, 5) is 0. The normalized spacial score (nSPS) is 32.8. The van der Waals surface area contributed by atoms with Crippen molar-refractivity contribution in [3.63, 3.8) is 0 Å². The van der Waals surface area contributed by atoms with Crippen LogP contribution in [-0.4, -0.2) is 38.9 Å². The Kier molecular flexibility index (Phi) is 5.29. The summed E-state index contributed by atoms with van der Waals surface area (Å²) >= 11 is 0. The Hall–Kier alpha value is -0.230. The van der Waals surface area contributed by atoms with E-state index in [1.54, 1.807) is 0 Å². The van der Waals surface area contributed by atoms with Gasteiger partial charge in [0.1, 0.15) is 9.84 Å². The summed E-state index contributed by atoms with van der Waals surface area (Å²) in [5.74, 6) is -1.96. The summed E-state index contributed by atoms with van der Waals surface area (Å²) in [6.07, 6.45) is 5.68. The molecule has 0 aromatic carbocycles. The molecule has 0 saturated heterocycles. The second-order valence-electron chi connectivity index (χ2n) is 6.89. The SMILES string of the molecule is CNC(C1CCC(F)(F)CC1)C1CCCC(S(C)(=O)=O)C1. The molecule has 1 N–H and O–H groups in total. The number of hydrogen-bond acceptors (Lipinski definition) is 3. The van der Waals surface area contributed by atoms with E-state index in [1.165, 1.54) is 6.26 Å². The topological polar surface area (TPSA) is 46.2 Å². The third-order valence-corrected chi connectivity index (χ3v) is 7.02. The van der Waals surface area contributed by atoms with Crippen LogP contribution >= 0.6 is 0 Å². The molecule has 6 heteroatoms. The molecule has 124 valence electrons. The fourth-order valence-corrected chi connectivity index (χ4v) is 5.37. The van der Waals surface area contributed by atoms with Gasteiger partial charge in [0.2, 0.25) is 5.92 Å². The molecule has 0 bridgehead atoms. The highest BCUT2D eigenvalue weighted by atomic mass is 32.2. The average molecular weight is 323 g/mol. The maximum atomic E-state index is 13.3. The van der Waals surface area contributed by atoms with Gasteiger partial charge in [-0.3, -0.25) is 0 Å². The lowest BCUT2D eigenvalue weighted by atomic mass is 9.73. The van der Waals surface area contributed by atoms with Crippen LogP contribution in [0.4, 0.5) is 8.78 Å². The molecule has 3 nitrogen and oxygen atoms in total. The number of sulfone groups is 1. The Morgan fingerprint density at radius 2 is 1.71 bits per heavy atom. The van der Waals surface area contributed by atoms with Gasteiger partial charge in [0.25, 0.3) is 0 Å². The van der Waals surface area contributed by atoms with Crippen LogP contribution in [0, 0.1) is 11.8 Å². The standard InChI is InChI=1S/C15H27F2NO2S/c1-18-14(11-6-8-15(16,17)9-7-11)12-4-3-5-13(10-12)21(2,19)20/h11-14,18H,3-10H2,1-2H3. The molecule has 2 aliphatic rings. The largest absolute Gasteiger partial charge is 0.316 e. The van der Waals surface area contributed by atoms with Crippen LogP contribution in [0.2, 0.25) is 0 Å². The molecule has 3 atom stereocenters. The molecule has 0 aromatic rings. The highest BCUT2D eigenvalue weighted by molar-refractivity contribution is 7.91. The predicted octanol–water partition coefficient (Wildman–Crippen LogP) is 3.00. The lowest BCUT2D eigenvalue weighted by Crippen LogP contribution is -2.46. The highest BCUT2D eigenvalue weighted by Crippen LogP contribution is 2.41. The molecule has 0 aromatic heterocycles. The van der Waals surface area contributed by atoms with Crippen LogP contribution < -0.4 is 5.32 Å². The van der Waals surface area contributed by atoms with Gasteiger partial charge in [0.05, 0.1) is 5.25 Å². The predicted molar refractivity (Wildman–Crippen MR) is 80.3 cm³/mol. The number of alkyl halides is 2. The van der Waals surface area contributed by atoms with Crippen molar-refractivity contribution < 1.29 is 17.2 Å². The van der Waals surface area contributed by atoms with Crippen molar-refractivity contribution in [2.75, 3.05) is 13.3 Å². The molecule has 2 aliphatic carbocycles. The number of nitrogens with one attached hydrogen (secondary N) is 1. The van der Waals surface area contributed by atoms with Crippen LogP contribution in [0.15, 0.2) is 0 Å². The molecule has 0 radical (unpaired) electrons. The Morgan fingerprint density at radius 1 is 1.10 bits per heavy atom. The van der Waals surface area contributed by atoms with Crippen molar-refractivity contribution in [3.8, 4) is 0 Å². The van der Waals surface area contributed by atoms with E-state index in [1.807, 2.05) is 7.05 Å². The molecular formula is C15H27F2NO2S. The Labute approximate surface area is 126 Å². The van der Waals surface area contributed by atoms with Gasteiger partial charge in [-0.15, -0.1) is 0 Å². The van der Waals surface area contributed by atoms with Crippen LogP contribution in [-0.2, 0) is 9.84 Å². The minimum Gasteiger partial charge on any atom is -0.316 e. The monoisotopic (exact) mass is 323 g/mol. The van der Waals surface area contributed by atoms with Gasteiger partial charge < -0.3 is 5.32 Å². The zero-order valence-corrected chi connectivity index (χ0v) is 13.8. The molecule has 2 fully saturated rings. The van der Waals surface area contributed by atoms with Crippen LogP contribution in [0.3, 0.4) is 0 Å². The average Bonchev–Trinajstić information content (AvgIpc) is 2.41. The molecular weight excluding hydrogens is 296 g/mol. The summed E-state index contributed by atoms with van der Waals surface area (Å²) in [5, 5.41) is 3.05. The fraction of sp³-hybridized carbons (Fsp3) is 1.00. The summed E-state index contributed by atoms with van der Waals surface area (Å²) < 4.78 is 50.2. The van der Waals surface area contributed by atoms with Crippen molar-refractivity contribution >= 4 is 9.84 Å². The lowest BCUT2D eigenvalue weighted by molar-refractivity contribution is -0.0524. The van der Waals surface area contributed by atoms with E-state index in [0.717, 1.165) is 19.3 Å². The third-order valence-electron chi connectivity index (χ3n) is 5.38. The van der Waals surface area contributed by atoms with E-state index in [4.69, 9.17) is 0 Å². The smallest absolute Gasteiger partial charge is 0.248 e. The molecule has 21 heavy (non-hydrogen) atoms. The molecule has 0 heterocycles. The maximum absolute atomic E-state index is 13.3. The quantitative estimate of drug-likeness (QED) is 0.865. The van der Waals surface area contributed by atoms with E-state index in [0.29, 0.717) is 25.2 Å². The molecule has 2 saturated carbocycles. The van der Waals surface area contributed by atoms with Crippen molar-refractivity contribution in [2.24, 2.45) is 11.8 Å². The van der Waals surface area contributed by atoms with Crippen molar-refractivity contribution in [3.05, 3.63) is 0 Å². The van der Waals surface area contributed by atoms with Crippen molar-refractivity contribution in [1.82, 2.24) is 5.32 Å². The Bertz CT molecular complexity index is 443. The van der Waals surface area contributed by atoms with E-state index >= 15 is 0 Å². The summed E-state index contributed by atoms with van der Waals surface area (Å²) in [6, 6.07) is 0.172. The van der Waals surface area contributed by atoms with E-state index < -0.39 is 15.8 Å². The molecule has 0 aliphatic heterocycles. The molecule has 3 unspecified atom stereocenters. The van der Waals surface area contributed by atoms with Gasteiger partial charge in [-0.25, -0.2) is 17.2 Å². The molecule has 0 spiro atoms. The number of halogens is 2. The second-order valence-corrected chi connectivity index (χ2v) is 9.21. The highest BCUT2D eigenvalue weighted by Gasteiger charge is 2.41. The van der Waals surface area contributed by atoms with Gasteiger partial charge in [-0.2, -0.15) is 0 Å². The van der Waals surface area contributed by atoms with Gasteiger partial charge in [0.15, 0.2) is 0 Å². The molecule has 0 amide bonds. The maximum Gasteiger partial charge on any atom is 0.248 e. The first kappa shape index (κ1) is 17.1. The van der Waals surface area contributed by atoms with E-state index in [-0.39, 0.29) is 30.1 Å². The summed E-state index contributed by atoms with van der Waals surface area (Å²) in [5.41, 5.74) is 0. The zero-order chi connectivity index (χ0) is 15.7. The Balaban J connectivity index is 2.01. The van der Waals surface area contributed by atoms with Crippen LogP contribution in [0.5, 0.6) is 0 Å². The molecule has 2 rings (SSSR count). The van der Waals surface area contributed by atoms with E-state index in [9.17, 15) is 17.2 Å². The third kappa shape index (κ3) is 4.38.